The van der Waals surface area contributed by atoms with Crippen LogP contribution in [0.15, 0.2) is 46.7 Å². The summed E-state index contributed by atoms with van der Waals surface area (Å²) in [4.78, 5) is 16.6. The first kappa shape index (κ1) is 14.6. The van der Waals surface area contributed by atoms with E-state index in [9.17, 15) is 9.18 Å². The minimum absolute atomic E-state index is 0.167. The van der Waals surface area contributed by atoms with Gasteiger partial charge in [0.25, 0.3) is 0 Å². The number of nitrogens with zero attached hydrogens (tertiary/aromatic N) is 1. The fourth-order valence-corrected chi connectivity index (χ4v) is 3.62. The standard InChI is InChI=1S/C16H16FNOS2/c17-12-3-7-14(8-4-12)21-11-16(19)18(13-5-6-13)10-15-2-1-9-20-15/h1-4,7-9,13H,5-6,10-11H2. The predicted molar refractivity (Wildman–Crippen MR) is 85.0 cm³/mol. The van der Waals surface area contributed by atoms with E-state index in [0.29, 0.717) is 18.3 Å². The van der Waals surface area contributed by atoms with Gasteiger partial charge in [-0.25, -0.2) is 4.39 Å². The molecule has 2 nitrogen and oxygen atoms in total. The molecule has 3 rings (SSSR count). The zero-order chi connectivity index (χ0) is 14.7. The van der Waals surface area contributed by atoms with E-state index in [-0.39, 0.29) is 11.7 Å². The Bertz CT molecular complexity index is 593. The molecule has 1 fully saturated rings. The van der Waals surface area contributed by atoms with Crippen LogP contribution in [0.3, 0.4) is 0 Å². The highest BCUT2D eigenvalue weighted by molar-refractivity contribution is 8.00. The topological polar surface area (TPSA) is 20.3 Å². The maximum atomic E-state index is 12.9. The quantitative estimate of drug-likeness (QED) is 0.744. The van der Waals surface area contributed by atoms with Crippen molar-refractivity contribution in [2.24, 2.45) is 0 Å². The number of halogens is 1. The van der Waals surface area contributed by atoms with Gasteiger partial charge in [0.1, 0.15) is 5.82 Å². The highest BCUT2D eigenvalue weighted by Gasteiger charge is 2.32. The number of carbonyl (C=O) groups is 1. The van der Waals surface area contributed by atoms with Crippen LogP contribution in [-0.4, -0.2) is 22.6 Å². The minimum Gasteiger partial charge on any atom is -0.334 e. The Balaban J connectivity index is 1.58. The SMILES string of the molecule is O=C(CSc1ccc(F)cc1)N(Cc1cccs1)C1CC1. The average molecular weight is 321 g/mol. The van der Waals surface area contributed by atoms with Gasteiger partial charge in [0, 0.05) is 15.8 Å². The highest BCUT2D eigenvalue weighted by Crippen LogP contribution is 2.30. The lowest BCUT2D eigenvalue weighted by Crippen LogP contribution is -2.33. The van der Waals surface area contributed by atoms with Crippen LogP contribution in [0.1, 0.15) is 17.7 Å². The number of thioether (sulfide) groups is 1. The van der Waals surface area contributed by atoms with Crippen LogP contribution in [0.2, 0.25) is 0 Å². The molecule has 0 radical (unpaired) electrons. The fraction of sp³-hybridized carbons (Fsp3) is 0.312. The van der Waals surface area contributed by atoms with Crippen molar-refractivity contribution >= 4 is 29.0 Å². The van der Waals surface area contributed by atoms with Gasteiger partial charge >= 0.3 is 0 Å². The number of hydrogen-bond acceptors (Lipinski definition) is 3. The van der Waals surface area contributed by atoms with Crippen LogP contribution in [0.4, 0.5) is 4.39 Å². The summed E-state index contributed by atoms with van der Waals surface area (Å²) in [5.74, 6) is 0.330. The van der Waals surface area contributed by atoms with Crippen molar-refractivity contribution < 1.29 is 9.18 Å². The lowest BCUT2D eigenvalue weighted by Gasteiger charge is -2.21. The molecule has 1 aliphatic carbocycles. The van der Waals surface area contributed by atoms with Crippen LogP contribution < -0.4 is 0 Å². The molecule has 0 atom stereocenters. The van der Waals surface area contributed by atoms with Gasteiger partial charge in [-0.3, -0.25) is 4.79 Å². The first-order chi connectivity index (χ1) is 10.2. The molecule has 1 aromatic carbocycles. The molecule has 2 aromatic rings. The molecule has 0 N–H and O–H groups in total. The monoisotopic (exact) mass is 321 g/mol. The lowest BCUT2D eigenvalue weighted by atomic mass is 10.3. The van der Waals surface area contributed by atoms with Crippen molar-refractivity contribution in [1.29, 1.82) is 0 Å². The highest BCUT2D eigenvalue weighted by atomic mass is 32.2. The Hall–Kier alpha value is -1.33. The number of hydrogen-bond donors (Lipinski definition) is 0. The normalized spacial score (nSPS) is 14.1. The van der Waals surface area contributed by atoms with Crippen molar-refractivity contribution in [3.63, 3.8) is 0 Å². The number of benzene rings is 1. The van der Waals surface area contributed by atoms with Gasteiger partial charge in [-0.1, -0.05) is 6.07 Å². The Morgan fingerprint density at radius 3 is 2.67 bits per heavy atom. The number of carbonyl (C=O) groups excluding carboxylic acids is 1. The van der Waals surface area contributed by atoms with Crippen molar-refractivity contribution in [2.45, 2.75) is 30.3 Å². The second-order valence-corrected chi connectivity index (χ2v) is 7.16. The summed E-state index contributed by atoms with van der Waals surface area (Å²) >= 11 is 3.16. The molecule has 0 saturated heterocycles. The second kappa shape index (κ2) is 6.62. The molecular weight excluding hydrogens is 305 g/mol. The zero-order valence-corrected chi connectivity index (χ0v) is 13.1. The molecular formula is C16H16FNOS2. The molecule has 1 aromatic heterocycles. The first-order valence-corrected chi connectivity index (χ1v) is 8.79. The maximum absolute atomic E-state index is 12.9. The molecule has 1 aliphatic rings. The molecule has 5 heteroatoms. The number of amides is 1. The molecule has 0 aliphatic heterocycles. The van der Waals surface area contributed by atoms with E-state index >= 15 is 0 Å². The molecule has 1 amide bonds. The van der Waals surface area contributed by atoms with E-state index in [1.807, 2.05) is 16.3 Å². The summed E-state index contributed by atoms with van der Waals surface area (Å²) in [7, 11) is 0. The summed E-state index contributed by atoms with van der Waals surface area (Å²) in [6.45, 7) is 0.713. The summed E-state index contributed by atoms with van der Waals surface area (Å²) in [6.07, 6.45) is 2.22. The molecule has 110 valence electrons. The van der Waals surface area contributed by atoms with Crippen LogP contribution >= 0.6 is 23.1 Å². The third kappa shape index (κ3) is 4.08. The van der Waals surface area contributed by atoms with E-state index in [2.05, 4.69) is 6.07 Å². The van der Waals surface area contributed by atoms with E-state index in [4.69, 9.17) is 0 Å². The zero-order valence-electron chi connectivity index (χ0n) is 11.5. The van der Waals surface area contributed by atoms with Crippen molar-refractivity contribution in [1.82, 2.24) is 4.90 Å². The van der Waals surface area contributed by atoms with Gasteiger partial charge in [0.05, 0.1) is 12.3 Å². The molecule has 0 bridgehead atoms. The largest absolute Gasteiger partial charge is 0.334 e. The fourth-order valence-electron chi connectivity index (χ4n) is 2.14. The maximum Gasteiger partial charge on any atom is 0.233 e. The van der Waals surface area contributed by atoms with Crippen molar-refractivity contribution in [2.75, 3.05) is 5.75 Å². The summed E-state index contributed by atoms with van der Waals surface area (Å²) in [5, 5.41) is 2.04. The summed E-state index contributed by atoms with van der Waals surface area (Å²) in [5.41, 5.74) is 0. The van der Waals surface area contributed by atoms with Gasteiger partial charge < -0.3 is 4.90 Å². The molecule has 1 heterocycles. The molecule has 1 saturated carbocycles. The van der Waals surface area contributed by atoms with Crippen LogP contribution in [-0.2, 0) is 11.3 Å². The molecule has 21 heavy (non-hydrogen) atoms. The van der Waals surface area contributed by atoms with Crippen molar-refractivity contribution in [3.8, 4) is 0 Å². The Morgan fingerprint density at radius 2 is 2.05 bits per heavy atom. The Morgan fingerprint density at radius 1 is 1.29 bits per heavy atom. The minimum atomic E-state index is -0.247. The van der Waals surface area contributed by atoms with Gasteiger partial charge in [-0.2, -0.15) is 0 Å². The second-order valence-electron chi connectivity index (χ2n) is 5.07. The molecule has 0 unspecified atom stereocenters. The Kier molecular flexibility index (Phi) is 4.60. The summed E-state index contributed by atoms with van der Waals surface area (Å²) < 4.78 is 12.9. The van der Waals surface area contributed by atoms with Crippen LogP contribution in [0, 0.1) is 5.82 Å². The number of thiophene rings is 1. The average Bonchev–Trinajstić information content (AvgIpc) is 3.20. The van der Waals surface area contributed by atoms with E-state index < -0.39 is 0 Å². The third-order valence-corrected chi connectivity index (χ3v) is 5.25. The number of rotatable bonds is 6. The van der Waals surface area contributed by atoms with E-state index in [1.165, 1.54) is 28.8 Å². The van der Waals surface area contributed by atoms with Crippen LogP contribution in [0.25, 0.3) is 0 Å². The third-order valence-electron chi connectivity index (χ3n) is 3.39. The summed E-state index contributed by atoms with van der Waals surface area (Å²) in [6, 6.07) is 10.8. The lowest BCUT2D eigenvalue weighted by molar-refractivity contribution is -0.129. The van der Waals surface area contributed by atoms with E-state index in [0.717, 1.165) is 17.7 Å². The van der Waals surface area contributed by atoms with E-state index in [1.54, 1.807) is 23.5 Å². The first-order valence-electron chi connectivity index (χ1n) is 6.92. The van der Waals surface area contributed by atoms with Gasteiger partial charge in [0.2, 0.25) is 5.91 Å². The predicted octanol–water partition coefficient (Wildman–Crippen LogP) is 4.17. The van der Waals surface area contributed by atoms with Crippen LogP contribution in [0.5, 0.6) is 0 Å². The van der Waals surface area contributed by atoms with Gasteiger partial charge in [-0.05, 0) is 48.6 Å². The van der Waals surface area contributed by atoms with Gasteiger partial charge in [-0.15, -0.1) is 23.1 Å². The molecule has 0 spiro atoms. The Labute approximate surface area is 132 Å². The van der Waals surface area contributed by atoms with Gasteiger partial charge in [0.15, 0.2) is 0 Å². The van der Waals surface area contributed by atoms with Crippen molar-refractivity contribution in [3.05, 3.63) is 52.5 Å². The smallest absolute Gasteiger partial charge is 0.233 e.